The molecule has 0 saturated heterocycles. The van der Waals surface area contributed by atoms with Gasteiger partial charge in [0.05, 0.1) is 18.2 Å². The van der Waals surface area contributed by atoms with Gasteiger partial charge < -0.3 is 9.47 Å². The van der Waals surface area contributed by atoms with Crippen LogP contribution < -0.4 is 4.74 Å². The number of ether oxygens (including phenoxy) is 2. The van der Waals surface area contributed by atoms with Gasteiger partial charge in [0.25, 0.3) is 0 Å². The molecule has 0 heterocycles. The fourth-order valence-electron chi connectivity index (χ4n) is 4.01. The lowest BCUT2D eigenvalue weighted by Crippen LogP contribution is -2.09. The molecule has 5 heteroatoms. The van der Waals surface area contributed by atoms with E-state index >= 15 is 0 Å². The van der Waals surface area contributed by atoms with Gasteiger partial charge in [-0.3, -0.25) is 0 Å². The van der Waals surface area contributed by atoms with Crippen LogP contribution in [0.5, 0.6) is 5.75 Å². The third-order valence-corrected chi connectivity index (χ3v) is 7.55. The van der Waals surface area contributed by atoms with Gasteiger partial charge in [-0.05, 0) is 103 Å². The molecule has 0 bridgehead atoms. The van der Waals surface area contributed by atoms with Crippen molar-refractivity contribution in [3.63, 3.8) is 0 Å². The van der Waals surface area contributed by atoms with E-state index in [9.17, 15) is 9.59 Å². The number of hydrogen-bond donors (Lipinski definition) is 0. The standard InChI is InChI=1S/C32H30O4S/c1-20-6-7-26(18-21(20)2)23(4)27-12-17-30(22(3)19-27)36-32(34)25-10-15-29(16-11-25)37-28-13-8-24(9-14-28)31(33)35-5/h6-19,23H,1-5H3. The summed E-state index contributed by atoms with van der Waals surface area (Å²) in [7, 11) is 1.36. The third-order valence-electron chi connectivity index (χ3n) is 6.53. The van der Waals surface area contributed by atoms with Crippen molar-refractivity contribution >= 4 is 23.7 Å². The number of benzene rings is 4. The van der Waals surface area contributed by atoms with Gasteiger partial charge >= 0.3 is 11.9 Å². The Kier molecular flexibility index (Phi) is 8.14. The van der Waals surface area contributed by atoms with Crippen molar-refractivity contribution in [2.75, 3.05) is 7.11 Å². The molecule has 0 fully saturated rings. The van der Waals surface area contributed by atoms with Crippen molar-refractivity contribution in [3.8, 4) is 5.75 Å². The minimum atomic E-state index is -0.392. The number of carbonyl (C=O) groups is 2. The summed E-state index contributed by atoms with van der Waals surface area (Å²) in [6, 6.07) is 27.1. The zero-order valence-electron chi connectivity index (χ0n) is 21.7. The summed E-state index contributed by atoms with van der Waals surface area (Å²) >= 11 is 1.54. The highest BCUT2D eigenvalue weighted by Crippen LogP contribution is 2.31. The van der Waals surface area contributed by atoms with Crippen LogP contribution in [0.3, 0.4) is 0 Å². The van der Waals surface area contributed by atoms with Crippen molar-refractivity contribution in [1.82, 2.24) is 0 Å². The molecule has 0 amide bonds. The first kappa shape index (κ1) is 26.2. The molecule has 4 nitrogen and oxygen atoms in total. The van der Waals surface area contributed by atoms with Gasteiger partial charge in [0.15, 0.2) is 0 Å². The van der Waals surface area contributed by atoms with Gasteiger partial charge in [0.1, 0.15) is 5.75 Å². The molecule has 0 N–H and O–H groups in total. The molecule has 4 aromatic rings. The van der Waals surface area contributed by atoms with Crippen LogP contribution in [0, 0.1) is 20.8 Å². The number of aryl methyl sites for hydroxylation is 3. The number of rotatable bonds is 7. The molecular weight excluding hydrogens is 480 g/mol. The van der Waals surface area contributed by atoms with Crippen LogP contribution in [0.1, 0.15) is 61.4 Å². The second-order valence-electron chi connectivity index (χ2n) is 9.12. The Bertz CT molecular complexity index is 1420. The third kappa shape index (κ3) is 6.30. The lowest BCUT2D eigenvalue weighted by Gasteiger charge is -2.16. The Morgan fingerprint density at radius 3 is 1.68 bits per heavy atom. The topological polar surface area (TPSA) is 52.6 Å². The summed E-state index contributed by atoms with van der Waals surface area (Å²) < 4.78 is 10.5. The molecule has 0 aliphatic heterocycles. The van der Waals surface area contributed by atoms with Crippen LogP contribution in [0.25, 0.3) is 0 Å². The average Bonchev–Trinajstić information content (AvgIpc) is 2.91. The van der Waals surface area contributed by atoms with Crippen LogP contribution in [-0.4, -0.2) is 19.0 Å². The maximum atomic E-state index is 12.8. The monoisotopic (exact) mass is 510 g/mol. The van der Waals surface area contributed by atoms with Crippen molar-refractivity contribution in [1.29, 1.82) is 0 Å². The van der Waals surface area contributed by atoms with Crippen molar-refractivity contribution in [2.45, 2.75) is 43.4 Å². The number of carbonyl (C=O) groups excluding carboxylic acids is 2. The zero-order valence-corrected chi connectivity index (χ0v) is 22.5. The first-order chi connectivity index (χ1) is 17.7. The molecule has 37 heavy (non-hydrogen) atoms. The van der Waals surface area contributed by atoms with Crippen molar-refractivity contribution in [2.24, 2.45) is 0 Å². The Hall–Kier alpha value is -3.83. The summed E-state index contributed by atoms with van der Waals surface area (Å²) in [5.74, 6) is 0.0480. The molecular formula is C32H30O4S. The summed E-state index contributed by atoms with van der Waals surface area (Å²) in [4.78, 5) is 26.3. The first-order valence-electron chi connectivity index (χ1n) is 12.1. The van der Waals surface area contributed by atoms with Crippen molar-refractivity contribution in [3.05, 3.63) is 124 Å². The fourth-order valence-corrected chi connectivity index (χ4v) is 4.83. The van der Waals surface area contributed by atoms with Gasteiger partial charge in [-0.1, -0.05) is 49.0 Å². The molecule has 0 radical (unpaired) electrons. The number of hydrogen-bond acceptors (Lipinski definition) is 5. The normalized spacial score (nSPS) is 11.6. The summed E-state index contributed by atoms with van der Waals surface area (Å²) in [6.07, 6.45) is 0. The van der Waals surface area contributed by atoms with Crippen LogP contribution in [0.4, 0.5) is 0 Å². The molecule has 0 aliphatic carbocycles. The van der Waals surface area contributed by atoms with E-state index in [1.54, 1.807) is 36.0 Å². The van der Waals surface area contributed by atoms with Gasteiger partial charge in [-0.15, -0.1) is 0 Å². The Balaban J connectivity index is 1.40. The van der Waals surface area contributed by atoms with Crippen LogP contribution >= 0.6 is 11.8 Å². The van der Waals surface area contributed by atoms with E-state index in [0.717, 1.165) is 15.4 Å². The Morgan fingerprint density at radius 1 is 0.649 bits per heavy atom. The highest BCUT2D eigenvalue weighted by Gasteiger charge is 2.14. The SMILES string of the molecule is COC(=O)c1ccc(Sc2ccc(C(=O)Oc3ccc(C(C)c4ccc(C)c(C)c4)cc3C)cc2)cc1. The zero-order chi connectivity index (χ0) is 26.5. The molecule has 1 unspecified atom stereocenters. The molecule has 188 valence electrons. The largest absolute Gasteiger partial charge is 0.465 e. The van der Waals surface area contributed by atoms with E-state index in [0.29, 0.717) is 16.9 Å². The molecule has 0 aliphatic rings. The van der Waals surface area contributed by atoms with E-state index in [2.05, 4.69) is 45.0 Å². The second-order valence-corrected chi connectivity index (χ2v) is 10.3. The Morgan fingerprint density at radius 2 is 1.16 bits per heavy atom. The van der Waals surface area contributed by atoms with Gasteiger partial charge in [0.2, 0.25) is 0 Å². The van der Waals surface area contributed by atoms with Crippen LogP contribution in [0.2, 0.25) is 0 Å². The smallest absolute Gasteiger partial charge is 0.343 e. The summed E-state index contributed by atoms with van der Waals surface area (Å²) in [6.45, 7) is 8.41. The maximum Gasteiger partial charge on any atom is 0.343 e. The van der Waals surface area contributed by atoms with Crippen molar-refractivity contribution < 1.29 is 19.1 Å². The predicted octanol–water partition coefficient (Wildman–Crippen LogP) is 7.92. The predicted molar refractivity (Wildman–Crippen MR) is 148 cm³/mol. The lowest BCUT2D eigenvalue weighted by molar-refractivity contribution is 0.0600. The molecule has 0 spiro atoms. The van der Waals surface area contributed by atoms with Crippen LogP contribution in [-0.2, 0) is 4.74 Å². The number of esters is 2. The highest BCUT2D eigenvalue weighted by atomic mass is 32.2. The molecule has 4 rings (SSSR count). The molecule has 0 saturated carbocycles. The first-order valence-corrected chi connectivity index (χ1v) is 12.9. The average molecular weight is 511 g/mol. The van der Waals surface area contributed by atoms with E-state index in [4.69, 9.17) is 9.47 Å². The van der Waals surface area contributed by atoms with Gasteiger partial charge in [-0.2, -0.15) is 0 Å². The summed E-state index contributed by atoms with van der Waals surface area (Å²) in [5, 5.41) is 0. The molecule has 4 aromatic carbocycles. The second kappa shape index (κ2) is 11.5. The number of methoxy groups -OCH3 is 1. The maximum absolute atomic E-state index is 12.8. The highest BCUT2D eigenvalue weighted by molar-refractivity contribution is 7.99. The minimum absolute atomic E-state index is 0.240. The van der Waals surface area contributed by atoms with E-state index in [1.165, 1.54) is 29.4 Å². The molecule has 1 atom stereocenters. The Labute approximate surface area is 222 Å². The molecule has 0 aromatic heterocycles. The summed E-state index contributed by atoms with van der Waals surface area (Å²) in [5.41, 5.74) is 6.93. The van der Waals surface area contributed by atoms with Crippen LogP contribution in [0.15, 0.2) is 94.7 Å². The lowest BCUT2D eigenvalue weighted by atomic mass is 9.90. The van der Waals surface area contributed by atoms with E-state index in [1.807, 2.05) is 43.3 Å². The van der Waals surface area contributed by atoms with Gasteiger partial charge in [0, 0.05) is 15.7 Å². The quantitative estimate of drug-likeness (QED) is 0.187. The van der Waals surface area contributed by atoms with E-state index < -0.39 is 5.97 Å². The minimum Gasteiger partial charge on any atom is -0.465 e. The fraction of sp³-hybridized carbons (Fsp3) is 0.188. The van der Waals surface area contributed by atoms with E-state index in [-0.39, 0.29) is 11.9 Å². The van der Waals surface area contributed by atoms with Gasteiger partial charge in [-0.25, -0.2) is 9.59 Å².